The molecule has 0 saturated heterocycles. The third-order valence-electron chi connectivity index (χ3n) is 2.76. The molecule has 0 unspecified atom stereocenters. The fourth-order valence-electron chi connectivity index (χ4n) is 1.73. The van der Waals surface area contributed by atoms with E-state index in [0.29, 0.717) is 30.1 Å². The lowest BCUT2D eigenvalue weighted by atomic mass is 9.87. The molecule has 0 amide bonds. The summed E-state index contributed by atoms with van der Waals surface area (Å²) in [6.07, 6.45) is 3.68. The van der Waals surface area contributed by atoms with E-state index in [1.54, 1.807) is 33.1 Å². The van der Waals surface area contributed by atoms with E-state index in [-0.39, 0.29) is 5.97 Å². The number of H-pyrrole nitrogens is 1. The molecule has 0 aliphatic rings. The van der Waals surface area contributed by atoms with Crippen molar-refractivity contribution in [2.24, 2.45) is 5.16 Å². The van der Waals surface area contributed by atoms with Crippen molar-refractivity contribution in [2.75, 3.05) is 13.2 Å². The largest absolute Gasteiger partial charge is 0.465 e. The Kier molecular flexibility index (Phi) is 6.61. The molecule has 0 aliphatic heterocycles. The second-order valence-electron chi connectivity index (χ2n) is 4.78. The Balaban J connectivity index is 2.90. The van der Waals surface area contributed by atoms with E-state index in [1.165, 1.54) is 0 Å². The molecule has 1 rings (SSSR count). The summed E-state index contributed by atoms with van der Waals surface area (Å²) in [4.78, 5) is 24.4. The summed E-state index contributed by atoms with van der Waals surface area (Å²) in [7, 11) is 0. The van der Waals surface area contributed by atoms with Crippen LogP contribution in [-0.4, -0.2) is 35.4 Å². The first-order valence-electron chi connectivity index (χ1n) is 6.60. The summed E-state index contributed by atoms with van der Waals surface area (Å²) in [5.41, 5.74) is 0.567. The number of aromatic amines is 1. The Labute approximate surface area is 132 Å². The van der Waals surface area contributed by atoms with Gasteiger partial charge in [0.1, 0.15) is 12.0 Å². The van der Waals surface area contributed by atoms with Crippen LogP contribution in [0.3, 0.4) is 0 Å². The molecule has 0 aliphatic carbocycles. The van der Waals surface area contributed by atoms with Crippen LogP contribution in [0.15, 0.2) is 22.5 Å². The summed E-state index contributed by atoms with van der Waals surface area (Å²) in [6, 6.07) is 0. The van der Waals surface area contributed by atoms with Crippen LogP contribution in [0.1, 0.15) is 32.2 Å². The quantitative estimate of drug-likeness (QED) is 0.255. The number of hydrogen-bond donors (Lipinski definition) is 1. The predicted octanol–water partition coefficient (Wildman–Crippen LogP) is 2.74. The topological polar surface area (TPSA) is 76.6 Å². The van der Waals surface area contributed by atoms with Gasteiger partial charge in [-0.15, -0.1) is 0 Å². The highest BCUT2D eigenvalue weighted by atomic mass is 79.9. The van der Waals surface area contributed by atoms with Crippen molar-refractivity contribution in [3.8, 4) is 0 Å². The lowest BCUT2D eigenvalue weighted by Gasteiger charge is -2.21. The molecule has 1 N–H and O–H groups in total. The first-order chi connectivity index (χ1) is 9.93. The molecule has 0 aromatic carbocycles. The molecule has 0 atom stereocenters. The number of hydrogen-bond acceptors (Lipinski definition) is 5. The van der Waals surface area contributed by atoms with E-state index in [2.05, 4.69) is 37.6 Å². The fourth-order valence-corrected chi connectivity index (χ4v) is 2.14. The van der Waals surface area contributed by atoms with Gasteiger partial charge in [0.25, 0.3) is 0 Å². The standard InChI is InChI=1S/C14H20BrN3O3/c1-5-9-21-16-8-7-10-11(18-13(15)17-10)14(3,4)12(19)20-6-2/h5,8H,1,6-7,9H2,2-4H3,(H,17,18)/b16-8+. The Morgan fingerprint density at radius 3 is 2.90 bits per heavy atom. The molecular weight excluding hydrogens is 338 g/mol. The summed E-state index contributed by atoms with van der Waals surface area (Å²) >= 11 is 3.29. The number of aromatic nitrogens is 2. The number of oxime groups is 1. The maximum atomic E-state index is 12.1. The Hall–Kier alpha value is -1.63. The van der Waals surface area contributed by atoms with Crippen molar-refractivity contribution in [1.29, 1.82) is 0 Å². The van der Waals surface area contributed by atoms with Crippen molar-refractivity contribution in [3.05, 3.63) is 28.8 Å². The summed E-state index contributed by atoms with van der Waals surface area (Å²) < 4.78 is 5.67. The number of halogens is 1. The molecule has 1 aromatic heterocycles. The number of imidazole rings is 1. The number of ether oxygens (including phenoxy) is 1. The molecule has 0 radical (unpaired) electrons. The van der Waals surface area contributed by atoms with Gasteiger partial charge in [-0.25, -0.2) is 4.98 Å². The molecule has 0 fully saturated rings. The maximum Gasteiger partial charge on any atom is 0.317 e. The van der Waals surface area contributed by atoms with E-state index in [1.807, 2.05) is 0 Å². The van der Waals surface area contributed by atoms with Gasteiger partial charge in [-0.05, 0) is 36.7 Å². The molecule has 21 heavy (non-hydrogen) atoms. The van der Waals surface area contributed by atoms with Crippen LogP contribution in [0.4, 0.5) is 0 Å². The molecule has 0 spiro atoms. The van der Waals surface area contributed by atoms with Gasteiger partial charge < -0.3 is 14.6 Å². The van der Waals surface area contributed by atoms with Gasteiger partial charge in [0.15, 0.2) is 4.73 Å². The number of esters is 1. The molecular formula is C14H20BrN3O3. The van der Waals surface area contributed by atoms with Crippen LogP contribution in [0.2, 0.25) is 0 Å². The summed E-state index contributed by atoms with van der Waals surface area (Å²) in [6.45, 7) is 9.55. The number of nitrogens with one attached hydrogen (secondary N) is 1. The first kappa shape index (κ1) is 17.4. The van der Waals surface area contributed by atoms with Gasteiger partial charge in [0.2, 0.25) is 0 Å². The summed E-state index contributed by atoms with van der Waals surface area (Å²) in [5.74, 6) is -0.315. The normalized spacial score (nSPS) is 11.6. The molecule has 0 saturated carbocycles. The minimum atomic E-state index is -0.844. The lowest BCUT2D eigenvalue weighted by Crippen LogP contribution is -2.32. The van der Waals surface area contributed by atoms with Crippen LogP contribution < -0.4 is 0 Å². The van der Waals surface area contributed by atoms with Crippen LogP contribution in [0.5, 0.6) is 0 Å². The van der Waals surface area contributed by atoms with Crippen LogP contribution in [-0.2, 0) is 26.2 Å². The number of rotatable bonds is 8. The first-order valence-corrected chi connectivity index (χ1v) is 7.39. The highest BCUT2D eigenvalue weighted by molar-refractivity contribution is 9.10. The molecule has 0 bridgehead atoms. The van der Waals surface area contributed by atoms with E-state index in [0.717, 1.165) is 5.69 Å². The fraction of sp³-hybridized carbons (Fsp3) is 0.500. The minimum Gasteiger partial charge on any atom is -0.465 e. The van der Waals surface area contributed by atoms with Gasteiger partial charge in [0, 0.05) is 18.3 Å². The second-order valence-corrected chi connectivity index (χ2v) is 5.53. The van der Waals surface area contributed by atoms with Gasteiger partial charge in [-0.1, -0.05) is 17.8 Å². The van der Waals surface area contributed by atoms with Gasteiger partial charge in [0.05, 0.1) is 12.3 Å². The van der Waals surface area contributed by atoms with Crippen molar-refractivity contribution in [3.63, 3.8) is 0 Å². The van der Waals surface area contributed by atoms with Crippen molar-refractivity contribution in [2.45, 2.75) is 32.6 Å². The molecule has 1 heterocycles. The second kappa shape index (κ2) is 7.97. The Morgan fingerprint density at radius 1 is 1.57 bits per heavy atom. The number of nitrogens with zero attached hydrogens (tertiary/aromatic N) is 2. The SMILES string of the molecule is C=CCO/N=C/Cc1[nH]c(Br)nc1C(C)(C)C(=O)OCC. The predicted molar refractivity (Wildman–Crippen MR) is 84.3 cm³/mol. The van der Waals surface area contributed by atoms with Crippen molar-refractivity contribution in [1.82, 2.24) is 9.97 Å². The maximum absolute atomic E-state index is 12.1. The zero-order valence-corrected chi connectivity index (χ0v) is 14.1. The van der Waals surface area contributed by atoms with Crippen LogP contribution in [0.25, 0.3) is 0 Å². The smallest absolute Gasteiger partial charge is 0.317 e. The van der Waals surface area contributed by atoms with E-state index in [4.69, 9.17) is 9.57 Å². The van der Waals surface area contributed by atoms with Crippen LogP contribution in [0, 0.1) is 0 Å². The highest BCUT2D eigenvalue weighted by Gasteiger charge is 2.36. The van der Waals surface area contributed by atoms with Gasteiger partial charge in [-0.3, -0.25) is 4.79 Å². The third kappa shape index (κ3) is 4.70. The lowest BCUT2D eigenvalue weighted by molar-refractivity contribution is -0.149. The van der Waals surface area contributed by atoms with E-state index >= 15 is 0 Å². The van der Waals surface area contributed by atoms with Gasteiger partial charge in [-0.2, -0.15) is 0 Å². The average Bonchev–Trinajstić information content (AvgIpc) is 2.80. The zero-order chi connectivity index (χ0) is 15.9. The van der Waals surface area contributed by atoms with E-state index in [9.17, 15) is 4.79 Å². The van der Waals surface area contributed by atoms with Gasteiger partial charge >= 0.3 is 5.97 Å². The highest BCUT2D eigenvalue weighted by Crippen LogP contribution is 2.28. The zero-order valence-electron chi connectivity index (χ0n) is 12.5. The molecule has 6 nitrogen and oxygen atoms in total. The minimum absolute atomic E-state index is 0.315. The average molecular weight is 358 g/mol. The number of carbonyl (C=O) groups is 1. The van der Waals surface area contributed by atoms with E-state index < -0.39 is 5.41 Å². The third-order valence-corrected chi connectivity index (χ3v) is 3.14. The summed E-state index contributed by atoms with van der Waals surface area (Å²) in [5, 5.41) is 3.79. The molecule has 1 aromatic rings. The van der Waals surface area contributed by atoms with Crippen molar-refractivity contribution < 1.29 is 14.4 Å². The number of carbonyl (C=O) groups excluding carboxylic acids is 1. The molecule has 116 valence electrons. The Morgan fingerprint density at radius 2 is 2.29 bits per heavy atom. The monoisotopic (exact) mass is 357 g/mol. The van der Waals surface area contributed by atoms with Crippen molar-refractivity contribution >= 4 is 28.1 Å². The molecule has 7 heteroatoms. The Bertz CT molecular complexity index is 524. The van der Waals surface area contributed by atoms with Crippen LogP contribution >= 0.6 is 15.9 Å².